The molecule has 236 valence electrons. The molecule has 1 unspecified atom stereocenters. The molecule has 2 heterocycles. The van der Waals surface area contributed by atoms with Crippen molar-refractivity contribution in [1.29, 1.82) is 0 Å². The van der Waals surface area contributed by atoms with Crippen LogP contribution in [-0.4, -0.2) is 34.1 Å². The molecule has 1 atom stereocenters. The molecule has 11 heteroatoms. The topological polar surface area (TPSA) is 102 Å². The van der Waals surface area contributed by atoms with E-state index in [1.807, 2.05) is 60.7 Å². The van der Waals surface area contributed by atoms with Gasteiger partial charge in [0, 0.05) is 5.75 Å². The van der Waals surface area contributed by atoms with Gasteiger partial charge in [-0.1, -0.05) is 108 Å². The van der Waals surface area contributed by atoms with Gasteiger partial charge < -0.3 is 14.6 Å². The lowest BCUT2D eigenvalue weighted by molar-refractivity contribution is -0.117. The van der Waals surface area contributed by atoms with E-state index in [1.54, 1.807) is 36.4 Å². The van der Waals surface area contributed by atoms with E-state index in [0.29, 0.717) is 33.8 Å². The van der Waals surface area contributed by atoms with E-state index >= 15 is 0 Å². The smallest absolute Gasteiger partial charge is 0.296 e. The number of hydrogen-bond donors (Lipinski definition) is 1. The molecule has 0 saturated carbocycles. The van der Waals surface area contributed by atoms with Gasteiger partial charge in [0.1, 0.15) is 12.4 Å². The van der Waals surface area contributed by atoms with Crippen molar-refractivity contribution in [3.8, 4) is 11.5 Å². The molecule has 8 nitrogen and oxygen atoms in total. The molecule has 0 fully saturated rings. The van der Waals surface area contributed by atoms with E-state index in [0.717, 1.165) is 28.0 Å². The van der Waals surface area contributed by atoms with E-state index < -0.39 is 23.5 Å². The summed E-state index contributed by atoms with van der Waals surface area (Å²) >= 11 is 2.52. The number of carbonyl (C=O) groups excluding carboxylic acids is 2. The Balaban J connectivity index is 1.33. The van der Waals surface area contributed by atoms with Crippen molar-refractivity contribution in [2.75, 3.05) is 12.0 Å². The Kier molecular flexibility index (Phi) is 9.75. The maximum absolute atomic E-state index is 13.7. The highest BCUT2D eigenvalue weighted by Crippen LogP contribution is 2.45. The Morgan fingerprint density at radius 1 is 0.957 bits per heavy atom. The number of anilines is 1. The van der Waals surface area contributed by atoms with Crippen molar-refractivity contribution in [3.05, 3.63) is 149 Å². The summed E-state index contributed by atoms with van der Waals surface area (Å²) in [7, 11) is 1.50. The van der Waals surface area contributed by atoms with Crippen LogP contribution in [0.15, 0.2) is 125 Å². The number of amides is 1. The second-order valence-electron chi connectivity index (χ2n) is 10.4. The Labute approximate surface area is 278 Å². The summed E-state index contributed by atoms with van der Waals surface area (Å²) in [6, 6.07) is 29.2. The van der Waals surface area contributed by atoms with Crippen LogP contribution in [0.1, 0.15) is 28.3 Å². The lowest BCUT2D eigenvalue weighted by Gasteiger charge is -2.24. The second kappa shape index (κ2) is 14.4. The predicted molar refractivity (Wildman–Crippen MR) is 180 cm³/mol. The van der Waals surface area contributed by atoms with Crippen LogP contribution in [0.4, 0.5) is 9.52 Å². The molecular formula is C36H28FN3O5S2. The van der Waals surface area contributed by atoms with E-state index in [-0.39, 0.29) is 16.5 Å². The zero-order valence-corrected chi connectivity index (χ0v) is 26.7. The van der Waals surface area contributed by atoms with Gasteiger partial charge in [0.05, 0.1) is 18.7 Å². The van der Waals surface area contributed by atoms with Gasteiger partial charge in [-0.15, -0.1) is 10.2 Å². The number of rotatable bonds is 12. The third-order valence-electron chi connectivity index (χ3n) is 7.32. The summed E-state index contributed by atoms with van der Waals surface area (Å²) in [4.78, 5) is 28.6. The van der Waals surface area contributed by atoms with Gasteiger partial charge >= 0.3 is 0 Å². The molecule has 47 heavy (non-hydrogen) atoms. The fourth-order valence-electron chi connectivity index (χ4n) is 4.99. The molecule has 1 N–H and O–H groups in total. The summed E-state index contributed by atoms with van der Waals surface area (Å²) in [5.74, 6) is -0.943. The van der Waals surface area contributed by atoms with Crippen molar-refractivity contribution in [2.45, 2.75) is 22.7 Å². The number of ether oxygens (including phenoxy) is 2. The van der Waals surface area contributed by atoms with Gasteiger partial charge in [0.25, 0.3) is 5.91 Å². The third kappa shape index (κ3) is 7.26. The number of benzene rings is 4. The van der Waals surface area contributed by atoms with Crippen molar-refractivity contribution < 1.29 is 28.6 Å². The van der Waals surface area contributed by atoms with Crippen LogP contribution in [-0.2, 0) is 21.9 Å². The van der Waals surface area contributed by atoms with E-state index in [9.17, 15) is 19.1 Å². The van der Waals surface area contributed by atoms with Gasteiger partial charge in [-0.25, -0.2) is 4.39 Å². The molecular weight excluding hydrogens is 638 g/mol. The number of ketones is 1. The van der Waals surface area contributed by atoms with Crippen molar-refractivity contribution >= 4 is 46.0 Å². The molecule has 1 amide bonds. The van der Waals surface area contributed by atoms with Crippen LogP contribution < -0.4 is 14.4 Å². The average molecular weight is 666 g/mol. The van der Waals surface area contributed by atoms with E-state index in [1.165, 1.54) is 42.0 Å². The number of hydrogen-bond acceptors (Lipinski definition) is 9. The Hall–Kier alpha value is -5.26. The first-order chi connectivity index (χ1) is 22.9. The van der Waals surface area contributed by atoms with Crippen LogP contribution >= 0.6 is 23.1 Å². The van der Waals surface area contributed by atoms with Gasteiger partial charge in [-0.2, -0.15) is 0 Å². The Bertz CT molecular complexity index is 1950. The molecule has 0 bridgehead atoms. The number of thioether (sulfide) groups is 1. The molecule has 1 aromatic heterocycles. The highest BCUT2D eigenvalue weighted by Gasteiger charge is 2.45. The zero-order chi connectivity index (χ0) is 32.8. The van der Waals surface area contributed by atoms with Crippen LogP contribution in [0.3, 0.4) is 0 Å². The number of halogens is 1. The molecule has 6 rings (SSSR count). The molecule has 0 saturated heterocycles. The minimum absolute atomic E-state index is 0.0992. The molecule has 4 aromatic carbocycles. The highest BCUT2D eigenvalue weighted by molar-refractivity contribution is 8.00. The minimum atomic E-state index is -1.03. The van der Waals surface area contributed by atoms with Gasteiger partial charge in [-0.3, -0.25) is 14.5 Å². The second-order valence-corrected chi connectivity index (χ2v) is 12.6. The molecule has 1 aliphatic rings. The Morgan fingerprint density at radius 3 is 2.40 bits per heavy atom. The maximum atomic E-state index is 13.7. The van der Waals surface area contributed by atoms with Crippen LogP contribution in [0.2, 0.25) is 0 Å². The van der Waals surface area contributed by atoms with Gasteiger partial charge in [0.2, 0.25) is 5.13 Å². The number of aromatic nitrogens is 2. The number of carbonyl (C=O) groups is 2. The highest BCUT2D eigenvalue weighted by atomic mass is 32.2. The molecule has 0 spiro atoms. The first-order valence-electron chi connectivity index (χ1n) is 14.5. The number of aliphatic hydroxyl groups excluding tert-OH is 1. The summed E-state index contributed by atoms with van der Waals surface area (Å²) in [6.07, 6.45) is 2.96. The zero-order valence-electron chi connectivity index (χ0n) is 25.1. The SMILES string of the molecule is COc1cc(C2C(C(=O)/C=C/c3ccccc3)=C(O)C(=O)N2c2nnc(SCc3ccc(F)cc3)s2)ccc1OCc1ccccc1. The van der Waals surface area contributed by atoms with Gasteiger partial charge in [-0.05, 0) is 52.6 Å². The van der Waals surface area contributed by atoms with Gasteiger partial charge in [0.15, 0.2) is 27.4 Å². The predicted octanol–water partition coefficient (Wildman–Crippen LogP) is 7.74. The number of methoxy groups -OCH3 is 1. The summed E-state index contributed by atoms with van der Waals surface area (Å²) < 4.78 is 25.6. The Morgan fingerprint density at radius 2 is 1.68 bits per heavy atom. The molecule has 0 aliphatic carbocycles. The normalized spacial score (nSPS) is 14.6. The standard InChI is InChI=1S/C36H28FN3O5S2/c1-44-30-20-26(15-19-29(30)45-21-24-10-6-3-7-11-24)32-31(28(41)18-14-23-8-4-2-5-9-23)33(42)34(43)40(32)35-38-39-36(47-35)46-22-25-12-16-27(37)17-13-25/h2-20,32,42H,21-22H2,1H3/b18-14+. The third-order valence-corrected chi connectivity index (χ3v) is 9.45. The minimum Gasteiger partial charge on any atom is -0.503 e. The van der Waals surface area contributed by atoms with Crippen molar-refractivity contribution in [2.24, 2.45) is 0 Å². The average Bonchev–Trinajstić information content (AvgIpc) is 3.68. The monoisotopic (exact) mass is 665 g/mol. The van der Waals surface area contributed by atoms with Crippen molar-refractivity contribution in [1.82, 2.24) is 10.2 Å². The summed E-state index contributed by atoms with van der Waals surface area (Å²) in [5, 5.41) is 19.9. The largest absolute Gasteiger partial charge is 0.503 e. The van der Waals surface area contributed by atoms with Crippen molar-refractivity contribution in [3.63, 3.8) is 0 Å². The number of aliphatic hydroxyl groups is 1. The molecule has 0 radical (unpaired) electrons. The van der Waals surface area contributed by atoms with E-state index in [2.05, 4.69) is 10.2 Å². The van der Waals surface area contributed by atoms with Crippen LogP contribution in [0.5, 0.6) is 11.5 Å². The van der Waals surface area contributed by atoms with Crippen LogP contribution in [0.25, 0.3) is 6.08 Å². The maximum Gasteiger partial charge on any atom is 0.296 e. The fourth-order valence-corrected chi connectivity index (χ4v) is 6.81. The molecule has 5 aromatic rings. The van der Waals surface area contributed by atoms with E-state index in [4.69, 9.17) is 9.47 Å². The van der Waals surface area contributed by atoms with Crippen LogP contribution in [0, 0.1) is 5.82 Å². The molecule has 1 aliphatic heterocycles. The summed E-state index contributed by atoms with van der Waals surface area (Å²) in [6.45, 7) is 0.308. The number of nitrogens with zero attached hydrogens (tertiary/aromatic N) is 3. The lowest BCUT2D eigenvalue weighted by atomic mass is 9.95. The lowest BCUT2D eigenvalue weighted by Crippen LogP contribution is -2.30. The summed E-state index contributed by atoms with van der Waals surface area (Å²) in [5.41, 5.74) is 3.05. The number of allylic oxidation sites excluding steroid dienone is 1. The quantitative estimate of drug-likeness (QED) is 0.0821. The first kappa shape index (κ1) is 31.7. The first-order valence-corrected chi connectivity index (χ1v) is 16.3. The fraction of sp³-hybridized carbons (Fsp3) is 0.111.